The van der Waals surface area contributed by atoms with Crippen LogP contribution in [0.5, 0.6) is 0 Å². The molecule has 128 valence electrons. The monoisotopic (exact) mass is 336 g/mol. The minimum atomic E-state index is -0.806. The summed E-state index contributed by atoms with van der Waals surface area (Å²) >= 11 is 0. The van der Waals surface area contributed by atoms with Crippen LogP contribution in [-0.2, 0) is 16.0 Å². The number of para-hydroxylation sites is 2. The van der Waals surface area contributed by atoms with Crippen LogP contribution in [0, 0.1) is 0 Å². The zero-order chi connectivity index (χ0) is 17.6. The molecule has 0 bridgehead atoms. The van der Waals surface area contributed by atoms with Gasteiger partial charge in [-0.2, -0.15) is 0 Å². The van der Waals surface area contributed by atoms with Gasteiger partial charge in [-0.15, -0.1) is 0 Å². The van der Waals surface area contributed by atoms with Crippen LogP contribution in [0.25, 0.3) is 11.0 Å². The maximum absolute atomic E-state index is 12.1. The normalized spacial score (nSPS) is 12.0. The molecular formula is C19H20N4O2. The maximum atomic E-state index is 12.1. The lowest BCUT2D eigenvalue weighted by atomic mass is 10.1. The molecule has 3 aromatic rings. The van der Waals surface area contributed by atoms with E-state index in [-0.39, 0.29) is 5.91 Å². The number of hydrogen-bond donors (Lipinski definition) is 3. The van der Waals surface area contributed by atoms with Crippen LogP contribution in [0.2, 0.25) is 0 Å². The van der Waals surface area contributed by atoms with Gasteiger partial charge >= 0.3 is 0 Å². The number of H-pyrrole nitrogens is 1. The van der Waals surface area contributed by atoms with Crippen molar-refractivity contribution >= 4 is 22.8 Å². The van der Waals surface area contributed by atoms with Crippen molar-refractivity contribution in [3.05, 3.63) is 66.0 Å². The topological polar surface area (TPSA) is 101 Å². The molecule has 6 heteroatoms. The van der Waals surface area contributed by atoms with E-state index in [1.807, 2.05) is 30.3 Å². The summed E-state index contributed by atoms with van der Waals surface area (Å²) in [6, 6.07) is 16.0. The van der Waals surface area contributed by atoms with Crippen LogP contribution in [0.15, 0.2) is 54.6 Å². The Kier molecular flexibility index (Phi) is 5.09. The third-order valence-corrected chi connectivity index (χ3v) is 3.98. The molecule has 3 rings (SSSR count). The lowest BCUT2D eigenvalue weighted by molar-refractivity contribution is -0.127. The van der Waals surface area contributed by atoms with Gasteiger partial charge in [0.15, 0.2) is 0 Å². The van der Waals surface area contributed by atoms with Crippen molar-refractivity contribution < 1.29 is 9.59 Å². The first-order valence-electron chi connectivity index (χ1n) is 8.21. The first-order valence-corrected chi connectivity index (χ1v) is 8.21. The quantitative estimate of drug-likeness (QED) is 0.616. The largest absolute Gasteiger partial charge is 0.368 e. The SMILES string of the molecule is NC(=O)[C@H](NC(=O)CCCc1nc2ccccc2[nH]1)c1ccccc1. The maximum Gasteiger partial charge on any atom is 0.244 e. The van der Waals surface area contributed by atoms with E-state index in [2.05, 4.69) is 15.3 Å². The molecule has 1 atom stereocenters. The first-order chi connectivity index (χ1) is 12.1. The number of aromatic amines is 1. The molecule has 0 aliphatic rings. The Morgan fingerprint density at radius 2 is 1.80 bits per heavy atom. The molecule has 25 heavy (non-hydrogen) atoms. The van der Waals surface area contributed by atoms with Crippen molar-refractivity contribution in [1.82, 2.24) is 15.3 Å². The summed E-state index contributed by atoms with van der Waals surface area (Å²) < 4.78 is 0. The molecular weight excluding hydrogens is 316 g/mol. The third kappa shape index (κ3) is 4.23. The van der Waals surface area contributed by atoms with Crippen molar-refractivity contribution in [2.45, 2.75) is 25.3 Å². The summed E-state index contributed by atoms with van der Waals surface area (Å²) in [5, 5.41) is 2.70. The van der Waals surface area contributed by atoms with Crippen LogP contribution < -0.4 is 11.1 Å². The number of imidazole rings is 1. The Hall–Kier alpha value is -3.15. The number of carbonyl (C=O) groups is 2. The molecule has 0 spiro atoms. The minimum absolute atomic E-state index is 0.205. The summed E-state index contributed by atoms with van der Waals surface area (Å²) in [5.74, 6) is 0.0732. The molecule has 0 aliphatic heterocycles. The van der Waals surface area contributed by atoms with Crippen LogP contribution in [0.1, 0.15) is 30.3 Å². The van der Waals surface area contributed by atoms with Gasteiger partial charge in [-0.05, 0) is 24.1 Å². The van der Waals surface area contributed by atoms with Gasteiger partial charge in [0.2, 0.25) is 11.8 Å². The number of nitrogens with two attached hydrogens (primary N) is 1. The van der Waals surface area contributed by atoms with Gasteiger partial charge in [-0.1, -0.05) is 42.5 Å². The number of aryl methyl sites for hydroxylation is 1. The fourth-order valence-corrected chi connectivity index (χ4v) is 2.74. The standard InChI is InChI=1S/C19H20N4O2/c20-19(25)18(13-7-2-1-3-8-13)23-17(24)12-6-11-16-21-14-9-4-5-10-15(14)22-16/h1-5,7-10,18H,6,11-12H2,(H2,20,25)(H,21,22)(H,23,24)/t18-/m1/s1. The highest BCUT2D eigenvalue weighted by Gasteiger charge is 2.19. The van der Waals surface area contributed by atoms with Gasteiger partial charge in [-0.25, -0.2) is 4.98 Å². The summed E-state index contributed by atoms with van der Waals surface area (Å²) in [5.41, 5.74) is 7.99. The third-order valence-electron chi connectivity index (χ3n) is 3.98. The van der Waals surface area contributed by atoms with Gasteiger partial charge in [0.05, 0.1) is 11.0 Å². The van der Waals surface area contributed by atoms with E-state index in [9.17, 15) is 9.59 Å². The smallest absolute Gasteiger partial charge is 0.244 e. The first kappa shape index (κ1) is 16.7. The van der Waals surface area contributed by atoms with Gasteiger partial charge in [0, 0.05) is 12.8 Å². The van der Waals surface area contributed by atoms with Crippen molar-refractivity contribution in [2.24, 2.45) is 5.73 Å². The highest BCUT2D eigenvalue weighted by Crippen LogP contribution is 2.14. The average Bonchev–Trinajstić information content (AvgIpc) is 3.03. The average molecular weight is 336 g/mol. The Morgan fingerprint density at radius 3 is 2.52 bits per heavy atom. The Labute approximate surface area is 145 Å². The number of fused-ring (bicyclic) bond motifs is 1. The molecule has 1 heterocycles. The molecule has 0 unspecified atom stereocenters. The molecule has 1 aromatic heterocycles. The fourth-order valence-electron chi connectivity index (χ4n) is 2.74. The molecule has 0 saturated carbocycles. The number of rotatable bonds is 7. The summed E-state index contributed by atoms with van der Waals surface area (Å²) in [4.78, 5) is 31.5. The van der Waals surface area contributed by atoms with Crippen molar-refractivity contribution in [1.29, 1.82) is 0 Å². The van der Waals surface area contributed by atoms with E-state index in [1.165, 1.54) is 0 Å². The lowest BCUT2D eigenvalue weighted by Gasteiger charge is -2.15. The molecule has 0 aliphatic carbocycles. The molecule has 0 radical (unpaired) electrons. The van der Waals surface area contributed by atoms with E-state index < -0.39 is 11.9 Å². The number of nitrogens with zero attached hydrogens (tertiary/aromatic N) is 1. The second-order valence-electron chi connectivity index (χ2n) is 5.87. The molecule has 4 N–H and O–H groups in total. The van der Waals surface area contributed by atoms with Gasteiger partial charge < -0.3 is 16.0 Å². The predicted octanol–water partition coefficient (Wildman–Crippen LogP) is 2.23. The second-order valence-corrected chi connectivity index (χ2v) is 5.87. The number of benzene rings is 2. The number of aromatic nitrogens is 2. The predicted molar refractivity (Wildman–Crippen MR) is 95.6 cm³/mol. The Morgan fingerprint density at radius 1 is 1.08 bits per heavy atom. The van der Waals surface area contributed by atoms with Crippen molar-refractivity contribution in [3.63, 3.8) is 0 Å². The van der Waals surface area contributed by atoms with E-state index in [4.69, 9.17) is 5.73 Å². The van der Waals surface area contributed by atoms with E-state index in [0.29, 0.717) is 24.8 Å². The number of amides is 2. The Bertz CT molecular complexity index is 840. The number of nitrogens with one attached hydrogen (secondary N) is 2. The van der Waals surface area contributed by atoms with E-state index >= 15 is 0 Å². The van der Waals surface area contributed by atoms with Crippen LogP contribution in [0.4, 0.5) is 0 Å². The van der Waals surface area contributed by atoms with E-state index in [0.717, 1.165) is 16.9 Å². The summed E-state index contributed by atoms with van der Waals surface area (Å²) in [6.07, 6.45) is 1.59. The molecule has 2 aromatic carbocycles. The van der Waals surface area contributed by atoms with Crippen LogP contribution in [0.3, 0.4) is 0 Å². The highest BCUT2D eigenvalue weighted by molar-refractivity contribution is 5.87. The zero-order valence-corrected chi connectivity index (χ0v) is 13.7. The minimum Gasteiger partial charge on any atom is -0.368 e. The van der Waals surface area contributed by atoms with Crippen molar-refractivity contribution in [3.8, 4) is 0 Å². The van der Waals surface area contributed by atoms with Gasteiger partial charge in [-0.3, -0.25) is 9.59 Å². The molecule has 6 nitrogen and oxygen atoms in total. The van der Waals surface area contributed by atoms with Gasteiger partial charge in [0.1, 0.15) is 11.9 Å². The van der Waals surface area contributed by atoms with Gasteiger partial charge in [0.25, 0.3) is 0 Å². The fraction of sp³-hybridized carbons (Fsp3) is 0.211. The number of primary amides is 1. The molecule has 0 saturated heterocycles. The summed E-state index contributed by atoms with van der Waals surface area (Å²) in [7, 11) is 0. The van der Waals surface area contributed by atoms with Crippen LogP contribution in [-0.4, -0.2) is 21.8 Å². The Balaban J connectivity index is 1.54. The van der Waals surface area contributed by atoms with E-state index in [1.54, 1.807) is 24.3 Å². The highest BCUT2D eigenvalue weighted by atomic mass is 16.2. The number of hydrogen-bond acceptors (Lipinski definition) is 3. The molecule has 0 fully saturated rings. The zero-order valence-electron chi connectivity index (χ0n) is 13.7. The van der Waals surface area contributed by atoms with Crippen LogP contribution >= 0.6 is 0 Å². The summed E-state index contributed by atoms with van der Waals surface area (Å²) in [6.45, 7) is 0. The lowest BCUT2D eigenvalue weighted by Crippen LogP contribution is -2.37. The van der Waals surface area contributed by atoms with Crippen molar-refractivity contribution in [2.75, 3.05) is 0 Å². The molecule has 2 amide bonds. The number of carbonyl (C=O) groups excluding carboxylic acids is 2. The second kappa shape index (κ2) is 7.61.